The summed E-state index contributed by atoms with van der Waals surface area (Å²) in [6, 6.07) is 0. The zero-order valence-corrected chi connectivity index (χ0v) is 9.83. The normalized spacial score (nSPS) is 27.8. The van der Waals surface area contributed by atoms with Crippen LogP contribution in [0.5, 0.6) is 0 Å². The molecule has 0 aromatic rings. The van der Waals surface area contributed by atoms with Crippen molar-refractivity contribution >= 4 is 0 Å². The zero-order valence-electron chi connectivity index (χ0n) is 9.83. The first-order valence-corrected chi connectivity index (χ1v) is 6.76. The topological polar surface area (TPSA) is 23.5 Å². The average molecular weight is 211 g/mol. The standard InChI is InChI=1S/C13H25NO/c15-13(12-7-3-1-4-8-12)11-14-9-5-2-6-10-14/h12-13,15H,1-11H2. The van der Waals surface area contributed by atoms with Gasteiger partial charge in [0.05, 0.1) is 6.10 Å². The van der Waals surface area contributed by atoms with Gasteiger partial charge < -0.3 is 10.0 Å². The van der Waals surface area contributed by atoms with Crippen LogP contribution in [-0.4, -0.2) is 35.7 Å². The molecule has 0 aromatic carbocycles. The van der Waals surface area contributed by atoms with Gasteiger partial charge in [-0.25, -0.2) is 0 Å². The van der Waals surface area contributed by atoms with Crippen molar-refractivity contribution in [1.82, 2.24) is 4.90 Å². The van der Waals surface area contributed by atoms with Crippen LogP contribution < -0.4 is 0 Å². The molecule has 0 spiro atoms. The average Bonchev–Trinajstić information content (AvgIpc) is 2.31. The Labute approximate surface area is 93.7 Å². The molecule has 15 heavy (non-hydrogen) atoms. The van der Waals surface area contributed by atoms with Gasteiger partial charge in [0.2, 0.25) is 0 Å². The molecule has 0 bridgehead atoms. The second-order valence-electron chi connectivity index (χ2n) is 5.33. The highest BCUT2D eigenvalue weighted by Gasteiger charge is 2.24. The van der Waals surface area contributed by atoms with Gasteiger partial charge in [-0.2, -0.15) is 0 Å². The fourth-order valence-electron chi connectivity index (χ4n) is 3.07. The Morgan fingerprint density at radius 2 is 1.53 bits per heavy atom. The van der Waals surface area contributed by atoms with E-state index in [1.54, 1.807) is 0 Å². The van der Waals surface area contributed by atoms with Gasteiger partial charge in [0.25, 0.3) is 0 Å². The molecular formula is C13H25NO. The first kappa shape index (κ1) is 11.4. The maximum atomic E-state index is 10.2. The number of hydrogen-bond acceptors (Lipinski definition) is 2. The Kier molecular flexibility index (Phi) is 4.45. The zero-order chi connectivity index (χ0) is 10.5. The lowest BCUT2D eigenvalue weighted by atomic mass is 9.85. The summed E-state index contributed by atoms with van der Waals surface area (Å²) in [6.45, 7) is 3.36. The maximum absolute atomic E-state index is 10.2. The number of piperidine rings is 1. The molecule has 2 rings (SSSR count). The second-order valence-corrected chi connectivity index (χ2v) is 5.33. The Bertz CT molecular complexity index is 171. The molecule has 1 N–H and O–H groups in total. The third kappa shape index (κ3) is 3.46. The summed E-state index contributed by atoms with van der Waals surface area (Å²) < 4.78 is 0. The Balaban J connectivity index is 1.72. The van der Waals surface area contributed by atoms with Crippen LogP contribution >= 0.6 is 0 Å². The number of rotatable bonds is 3. The van der Waals surface area contributed by atoms with Gasteiger partial charge in [-0.05, 0) is 44.7 Å². The highest BCUT2D eigenvalue weighted by atomic mass is 16.3. The summed E-state index contributed by atoms with van der Waals surface area (Å²) in [7, 11) is 0. The van der Waals surface area contributed by atoms with E-state index in [9.17, 15) is 5.11 Å². The number of aliphatic hydroxyl groups is 1. The summed E-state index contributed by atoms with van der Waals surface area (Å²) in [5.41, 5.74) is 0. The van der Waals surface area contributed by atoms with Crippen LogP contribution in [0.15, 0.2) is 0 Å². The Morgan fingerprint density at radius 3 is 2.20 bits per heavy atom. The quantitative estimate of drug-likeness (QED) is 0.775. The van der Waals surface area contributed by atoms with Crippen LogP contribution in [0.1, 0.15) is 51.4 Å². The lowest BCUT2D eigenvalue weighted by Crippen LogP contribution is -2.39. The van der Waals surface area contributed by atoms with E-state index in [0.717, 1.165) is 6.54 Å². The first-order valence-electron chi connectivity index (χ1n) is 6.76. The molecule has 2 aliphatic rings. The van der Waals surface area contributed by atoms with Gasteiger partial charge in [-0.1, -0.05) is 25.7 Å². The summed E-state index contributed by atoms with van der Waals surface area (Å²) in [4.78, 5) is 2.46. The van der Waals surface area contributed by atoms with Gasteiger partial charge in [0, 0.05) is 6.54 Å². The van der Waals surface area contributed by atoms with Crippen molar-refractivity contribution in [2.24, 2.45) is 5.92 Å². The van der Waals surface area contributed by atoms with Crippen molar-refractivity contribution in [1.29, 1.82) is 0 Å². The Hall–Kier alpha value is -0.0800. The van der Waals surface area contributed by atoms with E-state index in [0.29, 0.717) is 5.92 Å². The second kappa shape index (κ2) is 5.86. The minimum Gasteiger partial charge on any atom is -0.392 e. The summed E-state index contributed by atoms with van der Waals surface area (Å²) in [5, 5.41) is 10.2. The van der Waals surface area contributed by atoms with Crippen LogP contribution in [0.2, 0.25) is 0 Å². The fraction of sp³-hybridized carbons (Fsp3) is 1.00. The molecule has 1 saturated carbocycles. The predicted molar refractivity (Wildman–Crippen MR) is 62.9 cm³/mol. The SMILES string of the molecule is OC(CN1CCCCC1)C1CCCCC1. The van der Waals surface area contributed by atoms with E-state index in [-0.39, 0.29) is 6.10 Å². The third-order valence-electron chi connectivity index (χ3n) is 4.09. The van der Waals surface area contributed by atoms with E-state index < -0.39 is 0 Å². The maximum Gasteiger partial charge on any atom is 0.0695 e. The molecular weight excluding hydrogens is 186 g/mol. The molecule has 1 saturated heterocycles. The first-order chi connectivity index (χ1) is 7.36. The molecule has 0 radical (unpaired) electrons. The smallest absolute Gasteiger partial charge is 0.0695 e. The van der Waals surface area contributed by atoms with E-state index >= 15 is 0 Å². The highest BCUT2D eigenvalue weighted by molar-refractivity contribution is 4.77. The van der Waals surface area contributed by atoms with Crippen molar-refractivity contribution in [3.05, 3.63) is 0 Å². The monoisotopic (exact) mass is 211 g/mol. The largest absolute Gasteiger partial charge is 0.392 e. The van der Waals surface area contributed by atoms with Gasteiger partial charge in [-0.3, -0.25) is 0 Å². The molecule has 88 valence electrons. The van der Waals surface area contributed by atoms with Crippen molar-refractivity contribution in [2.75, 3.05) is 19.6 Å². The van der Waals surface area contributed by atoms with Crippen LogP contribution in [0, 0.1) is 5.92 Å². The molecule has 1 aliphatic heterocycles. The minimum atomic E-state index is -0.0524. The van der Waals surface area contributed by atoms with Crippen molar-refractivity contribution in [3.63, 3.8) is 0 Å². The Morgan fingerprint density at radius 1 is 0.933 bits per heavy atom. The van der Waals surface area contributed by atoms with Gasteiger partial charge >= 0.3 is 0 Å². The summed E-state index contributed by atoms with van der Waals surface area (Å²) in [5.74, 6) is 0.598. The van der Waals surface area contributed by atoms with Crippen LogP contribution in [0.3, 0.4) is 0 Å². The highest BCUT2D eigenvalue weighted by Crippen LogP contribution is 2.27. The predicted octanol–water partition coefficient (Wildman–Crippen LogP) is 2.41. The molecule has 1 heterocycles. The van der Waals surface area contributed by atoms with Gasteiger partial charge in [-0.15, -0.1) is 0 Å². The molecule has 1 aliphatic carbocycles. The van der Waals surface area contributed by atoms with Gasteiger partial charge in [0.1, 0.15) is 0 Å². The fourth-order valence-corrected chi connectivity index (χ4v) is 3.07. The molecule has 0 aromatic heterocycles. The molecule has 2 fully saturated rings. The molecule has 1 unspecified atom stereocenters. The van der Waals surface area contributed by atoms with E-state index in [1.165, 1.54) is 64.5 Å². The summed E-state index contributed by atoms with van der Waals surface area (Å²) >= 11 is 0. The van der Waals surface area contributed by atoms with Crippen LogP contribution in [0.25, 0.3) is 0 Å². The number of aliphatic hydroxyl groups excluding tert-OH is 1. The van der Waals surface area contributed by atoms with Crippen molar-refractivity contribution in [2.45, 2.75) is 57.5 Å². The molecule has 0 amide bonds. The minimum absolute atomic E-state index is 0.0524. The molecule has 2 nitrogen and oxygen atoms in total. The number of β-amino-alcohol motifs (C(OH)–C–C–N with tert-alkyl or cyclic N) is 1. The van der Waals surface area contributed by atoms with Crippen molar-refractivity contribution in [3.8, 4) is 0 Å². The number of nitrogens with zero attached hydrogens (tertiary/aromatic N) is 1. The molecule has 1 atom stereocenters. The number of likely N-dealkylation sites (tertiary alicyclic amines) is 1. The number of hydrogen-bond donors (Lipinski definition) is 1. The van der Waals surface area contributed by atoms with Crippen molar-refractivity contribution < 1.29 is 5.11 Å². The van der Waals surface area contributed by atoms with Gasteiger partial charge in [0.15, 0.2) is 0 Å². The van der Waals surface area contributed by atoms with E-state index in [1.807, 2.05) is 0 Å². The van der Waals surface area contributed by atoms with Crippen LogP contribution in [0.4, 0.5) is 0 Å². The van der Waals surface area contributed by atoms with E-state index in [2.05, 4.69) is 4.90 Å². The third-order valence-corrected chi connectivity index (χ3v) is 4.09. The lowest BCUT2D eigenvalue weighted by Gasteiger charge is -2.33. The van der Waals surface area contributed by atoms with Crippen LogP contribution in [-0.2, 0) is 0 Å². The summed E-state index contributed by atoms with van der Waals surface area (Å²) in [6.07, 6.45) is 10.6. The molecule has 2 heteroatoms. The van der Waals surface area contributed by atoms with E-state index in [4.69, 9.17) is 0 Å². The lowest BCUT2D eigenvalue weighted by molar-refractivity contribution is 0.0419.